The van der Waals surface area contributed by atoms with Crippen LogP contribution >= 0.6 is 24.8 Å². The molecule has 0 aliphatic rings. The number of fused-ring (bicyclic) bond motifs is 2. The summed E-state index contributed by atoms with van der Waals surface area (Å²) in [5, 5.41) is 19.0. The number of halogens is 3. The number of azo groups is 2. The Balaban J connectivity index is 0.000000322. The van der Waals surface area contributed by atoms with Crippen molar-refractivity contribution in [3.8, 4) is 0 Å². The lowest BCUT2D eigenvalue weighted by Crippen LogP contribution is -3.00. The van der Waals surface area contributed by atoms with E-state index >= 15 is 0 Å². The van der Waals surface area contributed by atoms with Gasteiger partial charge in [-0.25, -0.2) is 0 Å². The van der Waals surface area contributed by atoms with Crippen LogP contribution in [-0.2, 0) is 7.05 Å². The fourth-order valence-corrected chi connectivity index (χ4v) is 4.41. The summed E-state index contributed by atoms with van der Waals surface area (Å²) in [4.78, 5) is 0. The minimum Gasteiger partial charge on any atom is -1.00 e. The van der Waals surface area contributed by atoms with Gasteiger partial charge in [0, 0.05) is 45.7 Å². The van der Waals surface area contributed by atoms with Crippen LogP contribution in [-0.4, -0.2) is 0 Å². The van der Waals surface area contributed by atoms with Crippen molar-refractivity contribution in [3.05, 3.63) is 103 Å². The van der Waals surface area contributed by atoms with Gasteiger partial charge in [0.1, 0.15) is 18.4 Å². The van der Waals surface area contributed by atoms with Crippen molar-refractivity contribution in [1.82, 2.24) is 0 Å². The molecule has 12 N–H and O–H groups in total. The lowest BCUT2D eigenvalue weighted by Gasteiger charge is -2.03. The molecule has 0 saturated carbocycles. The number of aromatic nitrogens is 1. The standard InChI is InChI=1S/C18H18N8.C14H13N3.3ClH/c19-11-4-6-17(15(21)8-11)25-23-13-2-1-3-14(10-13)24-26-18-7-5-12(20)9-16(18)22;1-17-13-7-11(15)4-2-9(13)6-10-3-5-12(16)8-14(10)17;;;/h1-10H,19-22H2;2-8H,1H3,(H3,15,16);3*1H. The average Bonchev–Trinajstić information content (AvgIpc) is 2.98. The van der Waals surface area contributed by atoms with Gasteiger partial charge in [0.25, 0.3) is 0 Å². The van der Waals surface area contributed by atoms with Crippen molar-refractivity contribution in [2.45, 2.75) is 0 Å². The van der Waals surface area contributed by atoms with Gasteiger partial charge in [0.05, 0.1) is 22.7 Å². The first-order valence-electron chi connectivity index (χ1n) is 13.3. The van der Waals surface area contributed by atoms with Crippen molar-refractivity contribution in [1.29, 1.82) is 0 Å². The molecule has 6 rings (SSSR count). The first-order chi connectivity index (χ1) is 20.7. The van der Waals surface area contributed by atoms with E-state index < -0.39 is 0 Å². The number of nitrogens with zero attached hydrogens (tertiary/aromatic N) is 5. The summed E-state index contributed by atoms with van der Waals surface area (Å²) in [5.41, 5.74) is 42.9. The van der Waals surface area contributed by atoms with Gasteiger partial charge in [-0.05, 0) is 84.9 Å². The Hall–Kier alpha value is -5.36. The molecule has 0 amide bonds. The number of hydrogen-bond acceptors (Lipinski definition) is 10. The highest BCUT2D eigenvalue weighted by molar-refractivity contribution is 5.91. The minimum absolute atomic E-state index is 0. The summed E-state index contributed by atoms with van der Waals surface area (Å²) >= 11 is 0. The molecular weight excluding hydrogens is 645 g/mol. The van der Waals surface area contributed by atoms with Gasteiger partial charge in [-0.15, -0.1) is 35.0 Å². The second-order valence-corrected chi connectivity index (χ2v) is 9.90. The third kappa shape index (κ3) is 8.85. The predicted octanol–water partition coefficient (Wildman–Crippen LogP) is 4.68. The predicted molar refractivity (Wildman–Crippen MR) is 191 cm³/mol. The van der Waals surface area contributed by atoms with E-state index in [0.29, 0.717) is 45.5 Å². The summed E-state index contributed by atoms with van der Waals surface area (Å²) in [6, 6.07) is 31.3. The fourth-order valence-electron chi connectivity index (χ4n) is 4.41. The SMILES string of the molecule is C[n+]1c2cc(N)ccc2cc2ccc(N)cc21.Cl.Cl.Nc1ccc(N=Nc2cccc(N=Nc3ccc(N)cc3N)c2)c(N)c1.[Cl-]. The summed E-state index contributed by atoms with van der Waals surface area (Å²) in [5.74, 6) is 0. The largest absolute Gasteiger partial charge is 1.00 e. The Morgan fingerprint density at radius 3 is 1.26 bits per heavy atom. The third-order valence-electron chi connectivity index (χ3n) is 6.62. The van der Waals surface area contributed by atoms with Gasteiger partial charge in [-0.2, -0.15) is 14.8 Å². The van der Waals surface area contributed by atoms with E-state index in [-0.39, 0.29) is 37.2 Å². The van der Waals surface area contributed by atoms with E-state index in [4.69, 9.17) is 34.4 Å². The van der Waals surface area contributed by atoms with E-state index in [1.165, 1.54) is 10.8 Å². The third-order valence-corrected chi connectivity index (χ3v) is 6.62. The topological polar surface area (TPSA) is 209 Å². The zero-order chi connectivity index (χ0) is 30.5. The van der Waals surface area contributed by atoms with Crippen molar-refractivity contribution < 1.29 is 17.0 Å². The number of pyridine rings is 1. The van der Waals surface area contributed by atoms with Crippen molar-refractivity contribution in [2.24, 2.45) is 27.5 Å². The van der Waals surface area contributed by atoms with Crippen LogP contribution < -0.4 is 51.4 Å². The van der Waals surface area contributed by atoms with Gasteiger partial charge in [0.2, 0.25) is 11.0 Å². The molecule has 11 nitrogen and oxygen atoms in total. The molecule has 14 heteroatoms. The molecule has 0 aliphatic carbocycles. The van der Waals surface area contributed by atoms with Gasteiger partial charge in [-0.1, -0.05) is 6.07 Å². The van der Waals surface area contributed by atoms with Crippen LogP contribution in [0.2, 0.25) is 0 Å². The van der Waals surface area contributed by atoms with Crippen LogP contribution in [0.4, 0.5) is 56.9 Å². The van der Waals surface area contributed by atoms with Gasteiger partial charge < -0.3 is 46.8 Å². The Labute approximate surface area is 284 Å². The molecule has 1 aromatic heterocycles. The quantitative estimate of drug-likeness (QED) is 0.0674. The van der Waals surface area contributed by atoms with E-state index in [1.54, 1.807) is 60.7 Å². The van der Waals surface area contributed by atoms with Crippen molar-refractivity contribution in [3.63, 3.8) is 0 Å². The Morgan fingerprint density at radius 2 is 0.848 bits per heavy atom. The highest BCUT2D eigenvalue weighted by atomic mass is 35.5. The summed E-state index contributed by atoms with van der Waals surface area (Å²) in [6.07, 6.45) is 0. The number of nitrogens with two attached hydrogens (primary N) is 6. The zero-order valence-corrected chi connectivity index (χ0v) is 27.1. The molecule has 238 valence electrons. The van der Waals surface area contributed by atoms with Crippen LogP contribution in [0.3, 0.4) is 0 Å². The van der Waals surface area contributed by atoms with E-state index in [1.807, 2.05) is 43.4 Å². The van der Waals surface area contributed by atoms with E-state index in [2.05, 4.69) is 31.1 Å². The fraction of sp³-hybridized carbons (Fsp3) is 0.0312. The Kier molecular flexibility index (Phi) is 12.9. The Morgan fingerprint density at radius 1 is 0.457 bits per heavy atom. The first-order valence-corrected chi connectivity index (χ1v) is 13.3. The molecule has 0 unspecified atom stereocenters. The highest BCUT2D eigenvalue weighted by Crippen LogP contribution is 2.30. The molecule has 5 aromatic carbocycles. The smallest absolute Gasteiger partial charge is 0.214 e. The van der Waals surface area contributed by atoms with Crippen molar-refractivity contribution in [2.75, 3.05) is 34.4 Å². The normalized spacial score (nSPS) is 10.5. The monoisotopic (exact) mass is 677 g/mol. The van der Waals surface area contributed by atoms with E-state index in [9.17, 15) is 0 Å². The molecule has 0 saturated heterocycles. The summed E-state index contributed by atoms with van der Waals surface area (Å²) in [6.45, 7) is 0. The first kappa shape index (κ1) is 36.8. The minimum atomic E-state index is 0. The molecule has 6 aromatic rings. The number of nitrogen functional groups attached to an aromatic ring is 6. The maximum atomic E-state index is 5.86. The second-order valence-electron chi connectivity index (χ2n) is 9.90. The molecule has 0 atom stereocenters. The zero-order valence-electron chi connectivity index (χ0n) is 24.7. The number of rotatable bonds is 4. The Bertz CT molecular complexity index is 1900. The molecule has 0 aliphatic heterocycles. The lowest BCUT2D eigenvalue weighted by atomic mass is 10.1. The molecule has 1 heterocycles. The number of benzene rings is 5. The molecule has 46 heavy (non-hydrogen) atoms. The molecule has 0 radical (unpaired) electrons. The second kappa shape index (κ2) is 16.1. The molecule has 0 spiro atoms. The lowest BCUT2D eigenvalue weighted by molar-refractivity contribution is -0.617. The highest BCUT2D eigenvalue weighted by Gasteiger charge is 2.11. The summed E-state index contributed by atoms with van der Waals surface area (Å²) in [7, 11) is 2.03. The van der Waals surface area contributed by atoms with E-state index in [0.717, 1.165) is 22.4 Å². The molecular formula is C32H34Cl3N11. The van der Waals surface area contributed by atoms with Gasteiger partial charge >= 0.3 is 0 Å². The summed E-state index contributed by atoms with van der Waals surface area (Å²) < 4.78 is 2.12. The van der Waals surface area contributed by atoms with Gasteiger partial charge in [-0.3, -0.25) is 0 Å². The molecule has 0 bridgehead atoms. The number of hydrogen-bond donors (Lipinski definition) is 6. The van der Waals surface area contributed by atoms with Gasteiger partial charge in [0.15, 0.2) is 0 Å². The number of aryl methyl sites for hydroxylation is 1. The van der Waals surface area contributed by atoms with Crippen LogP contribution in [0.15, 0.2) is 124 Å². The van der Waals surface area contributed by atoms with Crippen LogP contribution in [0.1, 0.15) is 0 Å². The van der Waals surface area contributed by atoms with Crippen LogP contribution in [0.5, 0.6) is 0 Å². The average molecular weight is 679 g/mol. The molecule has 0 fully saturated rings. The maximum absolute atomic E-state index is 5.86. The number of anilines is 6. The van der Waals surface area contributed by atoms with Crippen LogP contribution in [0, 0.1) is 0 Å². The van der Waals surface area contributed by atoms with Crippen molar-refractivity contribution >= 4 is 103 Å². The van der Waals surface area contributed by atoms with Crippen LogP contribution in [0.25, 0.3) is 21.8 Å². The maximum Gasteiger partial charge on any atom is 0.214 e.